The number of aliphatic carboxylic acids is 1. The second-order valence-electron chi connectivity index (χ2n) is 5.30. The summed E-state index contributed by atoms with van der Waals surface area (Å²) in [5.41, 5.74) is 0.988. The minimum Gasteiger partial charge on any atom is -0.481 e. The lowest BCUT2D eigenvalue weighted by Crippen LogP contribution is -2.22. The first-order valence-corrected chi connectivity index (χ1v) is 6.58. The highest BCUT2D eigenvalue weighted by Gasteiger charge is 2.27. The van der Waals surface area contributed by atoms with Gasteiger partial charge in [-0.3, -0.25) is 4.79 Å². The molecule has 2 aromatic rings. The van der Waals surface area contributed by atoms with Gasteiger partial charge in [-0.25, -0.2) is 4.98 Å². The molecule has 106 valence electrons. The van der Waals surface area contributed by atoms with Crippen molar-refractivity contribution in [3.8, 4) is 5.88 Å². The van der Waals surface area contributed by atoms with Gasteiger partial charge < -0.3 is 9.84 Å². The van der Waals surface area contributed by atoms with Crippen LogP contribution in [0.15, 0.2) is 24.3 Å². The molecule has 1 aromatic heterocycles. The lowest BCUT2D eigenvalue weighted by molar-refractivity contribution is -0.138. The molecule has 5 heteroatoms. The Bertz CT molecular complexity index is 667. The fourth-order valence-electron chi connectivity index (χ4n) is 2.26. The lowest BCUT2D eigenvalue weighted by atomic mass is 9.81. The van der Waals surface area contributed by atoms with E-state index in [0.717, 1.165) is 16.5 Å². The number of methoxy groups -OCH3 is 1. The maximum absolute atomic E-state index is 11.0. The Labute approximate surface area is 122 Å². The fraction of sp³-hybridized carbons (Fsp3) is 0.333. The van der Waals surface area contributed by atoms with Crippen molar-refractivity contribution in [1.82, 2.24) is 4.98 Å². The first kappa shape index (κ1) is 14.6. The van der Waals surface area contributed by atoms with E-state index in [1.807, 2.05) is 32.0 Å². The van der Waals surface area contributed by atoms with Crippen molar-refractivity contribution in [2.75, 3.05) is 7.11 Å². The third kappa shape index (κ3) is 2.70. The van der Waals surface area contributed by atoms with Gasteiger partial charge in [0.15, 0.2) is 0 Å². The summed E-state index contributed by atoms with van der Waals surface area (Å²) in [5, 5.41) is 10.4. The van der Waals surface area contributed by atoms with E-state index in [1.165, 1.54) is 0 Å². The summed E-state index contributed by atoms with van der Waals surface area (Å²) in [5.74, 6) is -0.329. The summed E-state index contributed by atoms with van der Waals surface area (Å²) in [7, 11) is 1.56. The third-order valence-electron chi connectivity index (χ3n) is 3.31. The minimum atomic E-state index is -0.848. The number of hydrogen-bond donors (Lipinski definition) is 1. The van der Waals surface area contributed by atoms with E-state index < -0.39 is 11.4 Å². The van der Waals surface area contributed by atoms with E-state index in [1.54, 1.807) is 13.2 Å². The van der Waals surface area contributed by atoms with Gasteiger partial charge in [-0.2, -0.15) is 0 Å². The van der Waals surface area contributed by atoms with Gasteiger partial charge in [-0.05, 0) is 17.7 Å². The molecule has 0 spiro atoms. The smallest absolute Gasteiger partial charge is 0.304 e. The molecule has 0 radical (unpaired) electrons. The molecular formula is C15H16ClNO3. The first-order chi connectivity index (χ1) is 9.35. The summed E-state index contributed by atoms with van der Waals surface area (Å²) < 4.78 is 5.08. The number of halogens is 1. The number of benzene rings is 1. The number of fused-ring (bicyclic) bond motifs is 1. The average molecular weight is 294 g/mol. The molecule has 0 bridgehead atoms. The highest BCUT2D eigenvalue weighted by atomic mass is 35.5. The Morgan fingerprint density at radius 1 is 1.35 bits per heavy atom. The molecule has 1 N–H and O–H groups in total. The number of carboxylic acids is 1. The van der Waals surface area contributed by atoms with Crippen molar-refractivity contribution in [1.29, 1.82) is 0 Å². The number of carbonyl (C=O) groups is 1. The first-order valence-electron chi connectivity index (χ1n) is 6.20. The highest BCUT2D eigenvalue weighted by molar-refractivity contribution is 6.36. The predicted octanol–water partition coefficient (Wildman–Crippen LogP) is 3.65. The Morgan fingerprint density at radius 3 is 2.65 bits per heavy atom. The van der Waals surface area contributed by atoms with Crippen LogP contribution in [0.3, 0.4) is 0 Å². The highest BCUT2D eigenvalue weighted by Crippen LogP contribution is 2.37. The molecule has 20 heavy (non-hydrogen) atoms. The van der Waals surface area contributed by atoms with Gasteiger partial charge in [0, 0.05) is 16.9 Å². The van der Waals surface area contributed by atoms with E-state index in [2.05, 4.69) is 4.98 Å². The third-order valence-corrected chi connectivity index (χ3v) is 3.72. The molecule has 0 unspecified atom stereocenters. The van der Waals surface area contributed by atoms with Gasteiger partial charge >= 0.3 is 5.97 Å². The van der Waals surface area contributed by atoms with Gasteiger partial charge in [0.1, 0.15) is 0 Å². The van der Waals surface area contributed by atoms with E-state index in [4.69, 9.17) is 21.4 Å². The molecule has 0 aliphatic heterocycles. The van der Waals surface area contributed by atoms with E-state index in [-0.39, 0.29) is 6.42 Å². The van der Waals surface area contributed by atoms with Crippen LogP contribution in [0.5, 0.6) is 5.88 Å². The van der Waals surface area contributed by atoms with Crippen LogP contribution in [0, 0.1) is 0 Å². The number of nitrogens with zero attached hydrogens (tertiary/aromatic N) is 1. The van der Waals surface area contributed by atoms with Crippen LogP contribution in [0.25, 0.3) is 10.9 Å². The topological polar surface area (TPSA) is 59.4 Å². The molecule has 4 nitrogen and oxygen atoms in total. The van der Waals surface area contributed by atoms with Gasteiger partial charge in [0.25, 0.3) is 0 Å². The summed E-state index contributed by atoms with van der Waals surface area (Å²) in [6.45, 7) is 3.73. The molecule has 0 saturated carbocycles. The molecule has 0 saturated heterocycles. The van der Waals surface area contributed by atoms with Crippen molar-refractivity contribution in [3.05, 3.63) is 34.9 Å². The Morgan fingerprint density at radius 2 is 2.05 bits per heavy atom. The van der Waals surface area contributed by atoms with Crippen molar-refractivity contribution in [3.63, 3.8) is 0 Å². The molecule has 1 aromatic carbocycles. The van der Waals surface area contributed by atoms with Crippen LogP contribution in [-0.4, -0.2) is 23.2 Å². The van der Waals surface area contributed by atoms with E-state index in [9.17, 15) is 4.79 Å². The number of aromatic nitrogens is 1. The van der Waals surface area contributed by atoms with Crippen LogP contribution in [0.4, 0.5) is 0 Å². The SMILES string of the molecule is COc1ccc2c(Cl)c(C(C)(C)CC(=O)O)ccc2n1. The van der Waals surface area contributed by atoms with Gasteiger partial charge in [-0.15, -0.1) is 0 Å². The molecule has 0 fully saturated rings. The molecule has 0 aliphatic rings. The average Bonchev–Trinajstić information content (AvgIpc) is 2.36. The molecule has 1 heterocycles. The number of hydrogen-bond acceptors (Lipinski definition) is 3. The van der Waals surface area contributed by atoms with Crippen LogP contribution in [0.2, 0.25) is 5.02 Å². The zero-order valence-electron chi connectivity index (χ0n) is 11.6. The zero-order chi connectivity index (χ0) is 14.9. The van der Waals surface area contributed by atoms with Gasteiger partial charge in [0.2, 0.25) is 5.88 Å². The fourth-order valence-corrected chi connectivity index (χ4v) is 2.74. The van der Waals surface area contributed by atoms with Crippen molar-refractivity contribution in [2.24, 2.45) is 0 Å². The summed E-state index contributed by atoms with van der Waals surface area (Å²) in [6, 6.07) is 7.24. The second kappa shape index (κ2) is 5.29. The van der Waals surface area contributed by atoms with E-state index >= 15 is 0 Å². The molecule has 0 aliphatic carbocycles. The number of carboxylic acid groups (broad SMARTS) is 1. The van der Waals surface area contributed by atoms with Crippen molar-refractivity contribution < 1.29 is 14.6 Å². The number of pyridine rings is 1. The molecule has 0 atom stereocenters. The quantitative estimate of drug-likeness (QED) is 0.935. The molecular weight excluding hydrogens is 278 g/mol. The lowest BCUT2D eigenvalue weighted by Gasteiger charge is -2.25. The standard InChI is InChI=1S/C15H16ClNO3/c1-15(2,8-13(18)19)10-5-6-11-9(14(10)16)4-7-12(17-11)20-3/h4-7H,8H2,1-3H3,(H,18,19). The summed E-state index contributed by atoms with van der Waals surface area (Å²) in [4.78, 5) is 15.3. The minimum absolute atomic E-state index is 0.0157. The number of rotatable bonds is 4. The van der Waals surface area contributed by atoms with Crippen LogP contribution < -0.4 is 4.74 Å². The van der Waals surface area contributed by atoms with E-state index in [0.29, 0.717) is 10.9 Å². The number of ether oxygens (including phenoxy) is 1. The van der Waals surface area contributed by atoms with Crippen molar-refractivity contribution >= 4 is 28.5 Å². The maximum atomic E-state index is 11.0. The van der Waals surface area contributed by atoms with Gasteiger partial charge in [-0.1, -0.05) is 31.5 Å². The second-order valence-corrected chi connectivity index (χ2v) is 5.68. The van der Waals surface area contributed by atoms with Crippen LogP contribution >= 0.6 is 11.6 Å². The summed E-state index contributed by atoms with van der Waals surface area (Å²) in [6.07, 6.45) is 0.0157. The van der Waals surface area contributed by atoms with Gasteiger partial charge in [0.05, 0.1) is 24.1 Å². The molecule has 2 rings (SSSR count). The Kier molecular flexibility index (Phi) is 3.86. The normalized spacial score (nSPS) is 11.6. The zero-order valence-corrected chi connectivity index (χ0v) is 12.4. The Balaban J connectivity index is 2.57. The molecule has 0 amide bonds. The van der Waals surface area contributed by atoms with Crippen LogP contribution in [-0.2, 0) is 10.2 Å². The Hall–Kier alpha value is -1.81. The summed E-state index contributed by atoms with van der Waals surface area (Å²) >= 11 is 6.43. The van der Waals surface area contributed by atoms with Crippen LogP contribution in [0.1, 0.15) is 25.8 Å². The largest absolute Gasteiger partial charge is 0.481 e. The predicted molar refractivity (Wildman–Crippen MR) is 78.6 cm³/mol. The van der Waals surface area contributed by atoms with Crippen molar-refractivity contribution in [2.45, 2.75) is 25.7 Å². The maximum Gasteiger partial charge on any atom is 0.304 e. The monoisotopic (exact) mass is 293 g/mol.